The summed E-state index contributed by atoms with van der Waals surface area (Å²) in [5.41, 5.74) is 10.1. The maximum absolute atomic E-state index is 5.80. The summed E-state index contributed by atoms with van der Waals surface area (Å²) in [6.45, 7) is 4.57. The van der Waals surface area contributed by atoms with Crippen molar-refractivity contribution in [2.75, 3.05) is 16.4 Å². The van der Waals surface area contributed by atoms with E-state index < -0.39 is 0 Å². The lowest BCUT2D eigenvalue weighted by molar-refractivity contribution is 0.920. The van der Waals surface area contributed by atoms with Gasteiger partial charge in [0.1, 0.15) is 0 Å². The van der Waals surface area contributed by atoms with Gasteiger partial charge in [-0.25, -0.2) is 0 Å². The average Bonchev–Trinajstić information content (AvgIpc) is 2.56. The number of nitrogen functional groups attached to an aromatic ring is 1. The third-order valence-corrected chi connectivity index (χ3v) is 3.51. The standard InChI is InChI=1S/C18H20N6/c1-12-3-7-14(8-4-12)20-11-16-22-17(19)24-18(23-16)21-15-9-5-13(2)6-10-15/h3-10,20H,11H2,1-2H3,(H3,19,21,22,23,24). The smallest absolute Gasteiger partial charge is 0.232 e. The molecule has 3 rings (SSSR count). The molecular weight excluding hydrogens is 300 g/mol. The second-order valence-electron chi connectivity index (χ2n) is 5.64. The van der Waals surface area contributed by atoms with Crippen LogP contribution in [0.3, 0.4) is 0 Å². The van der Waals surface area contributed by atoms with Crippen LogP contribution in [-0.2, 0) is 6.54 Å². The molecule has 1 aromatic heterocycles. The van der Waals surface area contributed by atoms with Crippen LogP contribution in [0.5, 0.6) is 0 Å². The first-order valence-electron chi connectivity index (χ1n) is 7.73. The van der Waals surface area contributed by atoms with E-state index in [1.807, 2.05) is 43.3 Å². The SMILES string of the molecule is Cc1ccc(NCc2nc(N)nc(Nc3ccc(C)cc3)n2)cc1. The zero-order valence-electron chi connectivity index (χ0n) is 13.7. The number of rotatable bonds is 5. The van der Waals surface area contributed by atoms with E-state index in [0.29, 0.717) is 18.3 Å². The summed E-state index contributed by atoms with van der Waals surface area (Å²) < 4.78 is 0. The fraction of sp³-hybridized carbons (Fsp3) is 0.167. The summed E-state index contributed by atoms with van der Waals surface area (Å²) in [5.74, 6) is 1.21. The van der Waals surface area contributed by atoms with Gasteiger partial charge in [-0.1, -0.05) is 35.4 Å². The normalized spacial score (nSPS) is 10.4. The molecule has 0 saturated heterocycles. The van der Waals surface area contributed by atoms with Crippen LogP contribution in [0.1, 0.15) is 17.0 Å². The van der Waals surface area contributed by atoms with Crippen molar-refractivity contribution in [2.24, 2.45) is 0 Å². The summed E-state index contributed by atoms with van der Waals surface area (Å²) in [4.78, 5) is 12.7. The molecule has 0 unspecified atom stereocenters. The predicted octanol–water partition coefficient (Wildman–Crippen LogP) is 3.43. The van der Waals surface area contributed by atoms with Gasteiger partial charge in [-0.2, -0.15) is 15.0 Å². The molecule has 0 amide bonds. The van der Waals surface area contributed by atoms with Crippen LogP contribution < -0.4 is 16.4 Å². The van der Waals surface area contributed by atoms with Gasteiger partial charge in [0.15, 0.2) is 5.82 Å². The molecule has 0 fully saturated rings. The van der Waals surface area contributed by atoms with E-state index in [9.17, 15) is 0 Å². The summed E-state index contributed by atoms with van der Waals surface area (Å²) in [6.07, 6.45) is 0. The van der Waals surface area contributed by atoms with E-state index in [0.717, 1.165) is 11.4 Å². The lowest BCUT2D eigenvalue weighted by Gasteiger charge is -2.09. The maximum Gasteiger partial charge on any atom is 0.232 e. The number of aromatic nitrogens is 3. The molecule has 6 heteroatoms. The Labute approximate surface area is 141 Å². The van der Waals surface area contributed by atoms with Gasteiger partial charge in [-0.15, -0.1) is 0 Å². The minimum atomic E-state index is 0.195. The molecule has 4 N–H and O–H groups in total. The highest BCUT2D eigenvalue weighted by atomic mass is 15.2. The van der Waals surface area contributed by atoms with Gasteiger partial charge >= 0.3 is 0 Å². The third-order valence-electron chi connectivity index (χ3n) is 3.51. The van der Waals surface area contributed by atoms with Crippen molar-refractivity contribution in [3.63, 3.8) is 0 Å². The molecule has 0 radical (unpaired) electrons. The Bertz CT molecular complexity index is 812. The quantitative estimate of drug-likeness (QED) is 0.667. The molecule has 0 bridgehead atoms. The molecular formula is C18H20N6. The summed E-state index contributed by atoms with van der Waals surface area (Å²) in [5, 5.41) is 6.43. The third kappa shape index (κ3) is 4.19. The molecule has 0 aliphatic carbocycles. The first-order chi connectivity index (χ1) is 11.6. The fourth-order valence-corrected chi connectivity index (χ4v) is 2.19. The molecule has 0 spiro atoms. The van der Waals surface area contributed by atoms with Crippen LogP contribution in [0.25, 0.3) is 0 Å². The topological polar surface area (TPSA) is 88.8 Å². The first kappa shape index (κ1) is 15.7. The molecule has 2 aromatic carbocycles. The van der Waals surface area contributed by atoms with E-state index in [1.54, 1.807) is 0 Å². The largest absolute Gasteiger partial charge is 0.378 e. The molecule has 1 heterocycles. The van der Waals surface area contributed by atoms with Crippen LogP contribution in [0.15, 0.2) is 48.5 Å². The molecule has 0 aliphatic heterocycles. The summed E-state index contributed by atoms with van der Waals surface area (Å²) >= 11 is 0. The molecule has 122 valence electrons. The van der Waals surface area contributed by atoms with Crippen LogP contribution in [-0.4, -0.2) is 15.0 Å². The van der Waals surface area contributed by atoms with Gasteiger partial charge in [0.05, 0.1) is 6.54 Å². The number of hydrogen-bond acceptors (Lipinski definition) is 6. The maximum atomic E-state index is 5.80. The number of nitrogens with zero attached hydrogens (tertiary/aromatic N) is 3. The van der Waals surface area contributed by atoms with Crippen molar-refractivity contribution >= 4 is 23.3 Å². The molecule has 0 aliphatic rings. The molecule has 6 nitrogen and oxygen atoms in total. The number of nitrogens with one attached hydrogen (secondary N) is 2. The highest BCUT2D eigenvalue weighted by Crippen LogP contribution is 2.15. The van der Waals surface area contributed by atoms with Gasteiger partial charge < -0.3 is 16.4 Å². The Morgan fingerprint density at radius 3 is 2.00 bits per heavy atom. The highest BCUT2D eigenvalue weighted by molar-refractivity contribution is 5.54. The van der Waals surface area contributed by atoms with Gasteiger partial charge in [0, 0.05) is 11.4 Å². The number of benzene rings is 2. The predicted molar refractivity (Wildman–Crippen MR) is 97.2 cm³/mol. The lowest BCUT2D eigenvalue weighted by atomic mass is 10.2. The number of aryl methyl sites for hydroxylation is 2. The van der Waals surface area contributed by atoms with Gasteiger partial charge in [0.2, 0.25) is 11.9 Å². The lowest BCUT2D eigenvalue weighted by Crippen LogP contribution is -2.10. The second kappa shape index (κ2) is 6.95. The number of anilines is 4. The van der Waals surface area contributed by atoms with Crippen LogP contribution >= 0.6 is 0 Å². The van der Waals surface area contributed by atoms with Crippen LogP contribution in [0.2, 0.25) is 0 Å². The first-order valence-corrected chi connectivity index (χ1v) is 7.73. The molecule has 24 heavy (non-hydrogen) atoms. The fourth-order valence-electron chi connectivity index (χ4n) is 2.19. The van der Waals surface area contributed by atoms with E-state index in [2.05, 4.69) is 44.6 Å². The van der Waals surface area contributed by atoms with Crippen molar-refractivity contribution in [3.05, 3.63) is 65.5 Å². The van der Waals surface area contributed by atoms with E-state index in [-0.39, 0.29) is 5.95 Å². The minimum absolute atomic E-state index is 0.195. The molecule has 0 saturated carbocycles. The van der Waals surface area contributed by atoms with Crippen molar-refractivity contribution in [1.82, 2.24) is 15.0 Å². The van der Waals surface area contributed by atoms with Gasteiger partial charge in [-0.3, -0.25) is 0 Å². The Morgan fingerprint density at radius 1 is 0.792 bits per heavy atom. The summed E-state index contributed by atoms with van der Waals surface area (Å²) in [6, 6.07) is 16.1. The van der Waals surface area contributed by atoms with Crippen molar-refractivity contribution in [1.29, 1.82) is 0 Å². The zero-order valence-corrected chi connectivity index (χ0v) is 13.7. The molecule has 0 atom stereocenters. The Morgan fingerprint density at radius 2 is 1.38 bits per heavy atom. The number of nitrogens with two attached hydrogens (primary N) is 1. The minimum Gasteiger partial charge on any atom is -0.378 e. The Balaban J connectivity index is 1.71. The summed E-state index contributed by atoms with van der Waals surface area (Å²) in [7, 11) is 0. The Hall–Kier alpha value is -3.15. The van der Waals surface area contributed by atoms with E-state index in [4.69, 9.17) is 5.73 Å². The van der Waals surface area contributed by atoms with Crippen molar-refractivity contribution in [3.8, 4) is 0 Å². The van der Waals surface area contributed by atoms with Gasteiger partial charge in [-0.05, 0) is 38.1 Å². The van der Waals surface area contributed by atoms with Crippen molar-refractivity contribution < 1.29 is 0 Å². The van der Waals surface area contributed by atoms with Crippen molar-refractivity contribution in [2.45, 2.75) is 20.4 Å². The van der Waals surface area contributed by atoms with Gasteiger partial charge in [0.25, 0.3) is 0 Å². The van der Waals surface area contributed by atoms with Crippen LogP contribution in [0.4, 0.5) is 23.3 Å². The number of hydrogen-bond donors (Lipinski definition) is 3. The van der Waals surface area contributed by atoms with E-state index >= 15 is 0 Å². The monoisotopic (exact) mass is 320 g/mol. The molecule has 3 aromatic rings. The zero-order chi connectivity index (χ0) is 16.9. The Kier molecular flexibility index (Phi) is 4.56. The highest BCUT2D eigenvalue weighted by Gasteiger charge is 2.05. The average molecular weight is 320 g/mol. The van der Waals surface area contributed by atoms with Crippen LogP contribution in [0, 0.1) is 13.8 Å². The second-order valence-corrected chi connectivity index (χ2v) is 5.64. The van der Waals surface area contributed by atoms with E-state index in [1.165, 1.54) is 11.1 Å².